The van der Waals surface area contributed by atoms with Gasteiger partial charge in [0.25, 0.3) is 0 Å². The van der Waals surface area contributed by atoms with E-state index in [-0.39, 0.29) is 0 Å². The zero-order chi connectivity index (χ0) is 17.2. The fraction of sp³-hybridized carbons (Fsp3) is 1.00. The largest absolute Gasteiger partial charge is 0.241 e. The monoisotopic (exact) mass is 345 g/mol. The normalized spacial score (nSPS) is 12.0. The molecule has 0 saturated carbocycles. The highest BCUT2D eigenvalue weighted by Crippen LogP contribution is 2.61. The zero-order valence-corrected chi connectivity index (χ0v) is 17.8. The molecule has 0 radical (unpaired) electrons. The lowest BCUT2D eigenvalue weighted by Gasteiger charge is -2.25. The summed E-state index contributed by atoms with van der Waals surface area (Å²) in [5, 5.41) is 0. The molecule has 0 saturated heterocycles. The molecule has 0 rings (SSSR count). The summed E-state index contributed by atoms with van der Waals surface area (Å²) < 4.78 is 6.24. The maximum atomic E-state index is 6.24. The third kappa shape index (κ3) is 13.4. The number of hydrogen-bond acceptors (Lipinski definition) is 1. The van der Waals surface area contributed by atoms with Gasteiger partial charge in [-0.2, -0.15) is 0 Å². The highest BCUT2D eigenvalue weighted by atomic mass is 31.2. The zero-order valence-electron chi connectivity index (χ0n) is 16.9. The lowest BCUT2D eigenvalue weighted by molar-refractivity contribution is 0.435. The smallest absolute Gasteiger partial charge is 0.145 e. The Kier molecular flexibility index (Phi) is 17.5. The van der Waals surface area contributed by atoms with Crippen LogP contribution in [0.15, 0.2) is 0 Å². The third-order valence-electron chi connectivity index (χ3n) is 5.14. The Morgan fingerprint density at radius 3 is 1.13 bits per heavy atom. The van der Waals surface area contributed by atoms with Crippen molar-refractivity contribution in [3.8, 4) is 0 Å². The van der Waals surface area contributed by atoms with Crippen LogP contribution in [0.4, 0.5) is 0 Å². The Labute approximate surface area is 148 Å². The molecule has 1 nitrogen and oxygen atoms in total. The van der Waals surface area contributed by atoms with Crippen molar-refractivity contribution in [2.24, 2.45) is 0 Å². The summed E-state index contributed by atoms with van der Waals surface area (Å²) in [6.45, 7) is 6.91. The first-order valence-corrected chi connectivity index (χ1v) is 12.9. The molecular weight excluding hydrogens is 299 g/mol. The van der Waals surface area contributed by atoms with Crippen molar-refractivity contribution in [1.82, 2.24) is 0 Å². The second-order valence-electron chi connectivity index (χ2n) is 7.30. The molecule has 140 valence electrons. The van der Waals surface area contributed by atoms with E-state index in [1.807, 2.05) is 7.11 Å². The molecule has 2 heteroatoms. The van der Waals surface area contributed by atoms with Crippen LogP contribution < -0.4 is 0 Å². The fourth-order valence-corrected chi connectivity index (χ4v) is 7.06. The van der Waals surface area contributed by atoms with Crippen molar-refractivity contribution in [3.05, 3.63) is 0 Å². The Balaban J connectivity index is 4.19. The van der Waals surface area contributed by atoms with E-state index in [2.05, 4.69) is 20.8 Å². The third-order valence-corrected chi connectivity index (χ3v) is 9.31. The van der Waals surface area contributed by atoms with Crippen LogP contribution in [0.2, 0.25) is 0 Å². The van der Waals surface area contributed by atoms with Gasteiger partial charge in [-0.1, -0.05) is 72.1 Å². The van der Waals surface area contributed by atoms with Crippen LogP contribution in [0.3, 0.4) is 0 Å². The Hall–Kier alpha value is 0.390. The van der Waals surface area contributed by atoms with E-state index in [4.69, 9.17) is 4.52 Å². The minimum absolute atomic E-state index is 1.11. The first-order valence-electron chi connectivity index (χ1n) is 10.7. The van der Waals surface area contributed by atoms with E-state index >= 15 is 0 Å². The maximum absolute atomic E-state index is 6.24. The van der Waals surface area contributed by atoms with Crippen molar-refractivity contribution >= 4 is 7.49 Å². The standard InChI is InChI=1S/C21H46OP/c1-5-8-11-14-15-18-21-23(22-4,19-16-12-9-6-2)20-17-13-10-7-3/h5-21H2,1-4H3/q+1. The topological polar surface area (TPSA) is 9.23 Å². The second-order valence-corrected chi connectivity index (χ2v) is 11.1. The quantitative estimate of drug-likeness (QED) is 0.180. The average molecular weight is 346 g/mol. The van der Waals surface area contributed by atoms with Crippen LogP contribution in [0.1, 0.15) is 111 Å². The molecule has 0 atom stereocenters. The van der Waals surface area contributed by atoms with Gasteiger partial charge in [-0.15, -0.1) is 0 Å². The van der Waals surface area contributed by atoms with Crippen LogP contribution in [0.25, 0.3) is 0 Å². The van der Waals surface area contributed by atoms with E-state index in [1.165, 1.54) is 108 Å². The van der Waals surface area contributed by atoms with E-state index < -0.39 is 7.49 Å². The van der Waals surface area contributed by atoms with Gasteiger partial charge in [0.2, 0.25) is 0 Å². The second kappa shape index (κ2) is 17.2. The van der Waals surface area contributed by atoms with Gasteiger partial charge in [0, 0.05) is 0 Å². The fourth-order valence-electron chi connectivity index (χ4n) is 3.44. The van der Waals surface area contributed by atoms with Crippen LogP contribution in [0.5, 0.6) is 0 Å². The van der Waals surface area contributed by atoms with E-state index in [0.29, 0.717) is 0 Å². The summed E-state index contributed by atoms with van der Waals surface area (Å²) in [6.07, 6.45) is 23.8. The van der Waals surface area contributed by atoms with Crippen molar-refractivity contribution in [2.45, 2.75) is 111 Å². The number of rotatable bonds is 18. The van der Waals surface area contributed by atoms with Gasteiger partial charge in [-0.05, 0) is 38.5 Å². The molecule has 0 aromatic rings. The van der Waals surface area contributed by atoms with Crippen LogP contribution >= 0.6 is 7.49 Å². The van der Waals surface area contributed by atoms with E-state index in [1.54, 1.807) is 0 Å². The number of hydrogen-bond donors (Lipinski definition) is 0. The minimum atomic E-state index is -1.11. The Bertz CT molecular complexity index is 218. The van der Waals surface area contributed by atoms with Crippen LogP contribution in [0, 0.1) is 0 Å². The van der Waals surface area contributed by atoms with Gasteiger partial charge in [0.15, 0.2) is 0 Å². The summed E-state index contributed by atoms with van der Waals surface area (Å²) in [6, 6.07) is 0. The predicted molar refractivity (Wildman–Crippen MR) is 110 cm³/mol. The molecule has 0 unspecified atom stereocenters. The average Bonchev–Trinajstić information content (AvgIpc) is 2.58. The first-order chi connectivity index (χ1) is 11.2. The summed E-state index contributed by atoms with van der Waals surface area (Å²) in [5.74, 6) is 0. The van der Waals surface area contributed by atoms with Gasteiger partial charge < -0.3 is 0 Å². The van der Waals surface area contributed by atoms with Gasteiger partial charge in [-0.25, -0.2) is 4.52 Å². The molecule has 0 aliphatic rings. The lowest BCUT2D eigenvalue weighted by Crippen LogP contribution is -2.11. The highest BCUT2D eigenvalue weighted by molar-refractivity contribution is 7.71. The molecule has 0 aromatic carbocycles. The molecule has 0 amide bonds. The van der Waals surface area contributed by atoms with Crippen LogP contribution in [-0.2, 0) is 4.52 Å². The summed E-state index contributed by atoms with van der Waals surface area (Å²) in [5.41, 5.74) is 0. The summed E-state index contributed by atoms with van der Waals surface area (Å²) in [4.78, 5) is 0. The van der Waals surface area contributed by atoms with E-state index in [9.17, 15) is 0 Å². The first kappa shape index (κ1) is 23.4. The molecule has 23 heavy (non-hydrogen) atoms. The lowest BCUT2D eigenvalue weighted by atomic mass is 10.1. The molecular formula is C21H46OP+. The van der Waals surface area contributed by atoms with Gasteiger partial charge in [0.1, 0.15) is 7.49 Å². The Morgan fingerprint density at radius 1 is 0.478 bits per heavy atom. The van der Waals surface area contributed by atoms with Gasteiger partial charge in [0.05, 0.1) is 25.6 Å². The van der Waals surface area contributed by atoms with Crippen LogP contribution in [-0.4, -0.2) is 25.6 Å². The molecule has 0 N–H and O–H groups in total. The molecule has 0 aromatic heterocycles. The van der Waals surface area contributed by atoms with Crippen molar-refractivity contribution in [1.29, 1.82) is 0 Å². The SMILES string of the molecule is CCCCCCCC[P+](CCCCCC)(CCCCCC)OC. The predicted octanol–water partition coefficient (Wildman–Crippen LogP) is 8.09. The molecule has 0 aliphatic heterocycles. The minimum Gasteiger partial charge on any atom is -0.241 e. The van der Waals surface area contributed by atoms with Crippen molar-refractivity contribution in [2.75, 3.05) is 25.6 Å². The molecule has 0 aliphatic carbocycles. The molecule has 0 heterocycles. The van der Waals surface area contributed by atoms with Gasteiger partial charge >= 0.3 is 0 Å². The van der Waals surface area contributed by atoms with Crippen molar-refractivity contribution in [3.63, 3.8) is 0 Å². The summed E-state index contributed by atoms with van der Waals surface area (Å²) >= 11 is 0. The highest BCUT2D eigenvalue weighted by Gasteiger charge is 2.36. The Morgan fingerprint density at radius 2 is 0.783 bits per heavy atom. The van der Waals surface area contributed by atoms with E-state index in [0.717, 1.165) is 0 Å². The molecule has 0 spiro atoms. The molecule has 0 fully saturated rings. The molecule has 0 bridgehead atoms. The van der Waals surface area contributed by atoms with Crippen molar-refractivity contribution < 1.29 is 4.52 Å². The maximum Gasteiger partial charge on any atom is 0.145 e. The summed E-state index contributed by atoms with van der Waals surface area (Å²) in [7, 11) is 0.905. The number of unbranched alkanes of at least 4 members (excludes halogenated alkanes) is 11. The van der Waals surface area contributed by atoms with Gasteiger partial charge in [-0.3, -0.25) is 0 Å².